The predicted octanol–water partition coefficient (Wildman–Crippen LogP) is 3.64. The van der Waals surface area contributed by atoms with Gasteiger partial charge in [0.15, 0.2) is 0 Å². The summed E-state index contributed by atoms with van der Waals surface area (Å²) in [5.74, 6) is -0.0299. The van der Waals surface area contributed by atoms with Crippen LogP contribution < -0.4 is 0 Å². The van der Waals surface area contributed by atoms with E-state index < -0.39 is 17.2 Å². The molecule has 0 aromatic heterocycles. The minimum atomic E-state index is -1.37. The molecule has 2 nitrogen and oxygen atoms in total. The minimum absolute atomic E-state index is 0.107. The average molecular weight is 266 g/mol. The van der Waals surface area contributed by atoms with Crippen molar-refractivity contribution in [2.75, 3.05) is 6.61 Å². The van der Waals surface area contributed by atoms with Gasteiger partial charge in [-0.05, 0) is 25.8 Å². The first-order valence-corrected chi connectivity index (χ1v) is 6.18. The summed E-state index contributed by atoms with van der Waals surface area (Å²) in [5.41, 5.74) is -1.12. The van der Waals surface area contributed by atoms with Crippen molar-refractivity contribution >= 4 is 17.8 Å². The zero-order valence-corrected chi connectivity index (χ0v) is 10.8. The van der Waals surface area contributed by atoms with E-state index in [1.54, 1.807) is 6.92 Å². The average Bonchev–Trinajstić information content (AvgIpc) is 2.96. The Morgan fingerprint density at radius 3 is 2.76 bits per heavy atom. The molecule has 1 aliphatic carbocycles. The number of alkyl halides is 3. The van der Waals surface area contributed by atoms with Crippen LogP contribution in [0.15, 0.2) is 11.8 Å². The van der Waals surface area contributed by atoms with Crippen molar-refractivity contribution in [3.8, 4) is 0 Å². The zero-order chi connectivity index (χ0) is 13.1. The number of hydrogen-bond acceptors (Lipinski definition) is 2. The van der Waals surface area contributed by atoms with Crippen molar-refractivity contribution < 1.29 is 13.5 Å². The van der Waals surface area contributed by atoms with Crippen molar-refractivity contribution in [2.24, 2.45) is 5.92 Å². The molecule has 0 aliphatic heterocycles. The molecule has 1 rings (SSSR count). The fraction of sp³-hybridized carbons (Fsp3) is 0.750. The molecule has 0 radical (unpaired) electrons. The van der Waals surface area contributed by atoms with E-state index in [1.165, 1.54) is 6.92 Å². The Morgan fingerprint density at radius 2 is 2.35 bits per heavy atom. The van der Waals surface area contributed by atoms with E-state index >= 15 is 0 Å². The van der Waals surface area contributed by atoms with Gasteiger partial charge in [-0.3, -0.25) is 0 Å². The second-order valence-corrected chi connectivity index (χ2v) is 5.12. The Labute approximate surface area is 105 Å². The lowest BCUT2D eigenvalue weighted by molar-refractivity contribution is 0.174. The van der Waals surface area contributed by atoms with Gasteiger partial charge in [0, 0.05) is 5.92 Å². The summed E-state index contributed by atoms with van der Waals surface area (Å²) in [6.07, 6.45) is 1.65. The minimum Gasteiger partial charge on any atom is -0.492 e. The van der Waals surface area contributed by atoms with Crippen LogP contribution in [0.5, 0.6) is 0 Å². The van der Waals surface area contributed by atoms with E-state index in [1.807, 2.05) is 0 Å². The van der Waals surface area contributed by atoms with Gasteiger partial charge in [0.05, 0.1) is 18.2 Å². The van der Waals surface area contributed by atoms with Crippen molar-refractivity contribution in [1.82, 2.24) is 0 Å². The number of hydrogen-bond donors (Lipinski definition) is 1. The van der Waals surface area contributed by atoms with Crippen LogP contribution in [0.4, 0.5) is 8.78 Å². The largest absolute Gasteiger partial charge is 0.492 e. The number of rotatable bonds is 7. The van der Waals surface area contributed by atoms with Crippen LogP contribution in [0.2, 0.25) is 0 Å². The number of ether oxygens (including phenoxy) is 1. The monoisotopic (exact) mass is 265 g/mol. The Hall–Kier alpha value is -0.640. The van der Waals surface area contributed by atoms with Crippen molar-refractivity contribution in [2.45, 2.75) is 43.9 Å². The maximum atomic E-state index is 13.6. The molecule has 4 atom stereocenters. The normalized spacial score (nSPS) is 31.8. The van der Waals surface area contributed by atoms with Crippen LogP contribution in [0.3, 0.4) is 0 Å². The fourth-order valence-electron chi connectivity index (χ4n) is 1.62. The summed E-state index contributed by atoms with van der Waals surface area (Å²) in [6, 6.07) is 0. The van der Waals surface area contributed by atoms with E-state index in [0.29, 0.717) is 12.8 Å². The zero-order valence-electron chi connectivity index (χ0n) is 10.1. The fourth-order valence-corrected chi connectivity index (χ4v) is 1.69. The number of nitrogens with one attached hydrogen (secondary N) is 1. The molecule has 1 aliphatic rings. The van der Waals surface area contributed by atoms with E-state index in [-0.39, 0.29) is 18.3 Å². The van der Waals surface area contributed by atoms with Crippen molar-refractivity contribution in [3.63, 3.8) is 0 Å². The highest BCUT2D eigenvalue weighted by Crippen LogP contribution is 2.49. The highest BCUT2D eigenvalue weighted by atomic mass is 35.5. The third-order valence-electron chi connectivity index (χ3n) is 3.10. The Bertz CT molecular complexity index is 309. The molecular weight excluding hydrogens is 248 g/mol. The molecule has 4 unspecified atom stereocenters. The topological polar surface area (TPSA) is 33.1 Å². The molecule has 0 bridgehead atoms. The van der Waals surface area contributed by atoms with Crippen LogP contribution in [-0.2, 0) is 4.74 Å². The van der Waals surface area contributed by atoms with Crippen LogP contribution >= 0.6 is 11.6 Å². The first-order valence-electron chi connectivity index (χ1n) is 5.75. The van der Waals surface area contributed by atoms with Gasteiger partial charge in [0.25, 0.3) is 0 Å². The highest BCUT2D eigenvalue weighted by Gasteiger charge is 2.54. The smallest absolute Gasteiger partial charge is 0.138 e. The van der Waals surface area contributed by atoms with Crippen LogP contribution in [0.25, 0.3) is 0 Å². The van der Waals surface area contributed by atoms with E-state index in [2.05, 4.69) is 0 Å². The second kappa shape index (κ2) is 5.80. The molecule has 98 valence electrons. The summed E-state index contributed by atoms with van der Waals surface area (Å²) in [7, 11) is 0. The molecule has 0 aromatic carbocycles. The Balaban J connectivity index is 2.41. The van der Waals surface area contributed by atoms with E-state index in [4.69, 9.17) is 21.7 Å². The first kappa shape index (κ1) is 14.4. The van der Waals surface area contributed by atoms with Crippen molar-refractivity contribution in [3.05, 3.63) is 11.8 Å². The van der Waals surface area contributed by atoms with Gasteiger partial charge in [-0.1, -0.05) is 6.92 Å². The van der Waals surface area contributed by atoms with Gasteiger partial charge in [-0.15, -0.1) is 11.6 Å². The standard InChI is InChI=1S/C12H18ClF2NO/c1-3-12(15)5-9(12)7-17-10(6-16)4-11(14)8(2)13/h4,6,8-9,11,16H,3,5,7H2,1-2H3/b10-4+,16-6?. The third kappa shape index (κ3) is 3.95. The van der Waals surface area contributed by atoms with E-state index in [9.17, 15) is 8.78 Å². The van der Waals surface area contributed by atoms with Crippen molar-refractivity contribution in [1.29, 1.82) is 5.41 Å². The quantitative estimate of drug-likeness (QED) is 0.425. The van der Waals surface area contributed by atoms with Gasteiger partial charge < -0.3 is 10.1 Å². The maximum Gasteiger partial charge on any atom is 0.138 e. The molecule has 17 heavy (non-hydrogen) atoms. The SMILES string of the molecule is CCC1(F)CC1CO/C(C=N)=C/C(F)C(C)Cl. The highest BCUT2D eigenvalue weighted by molar-refractivity contribution is 6.20. The summed E-state index contributed by atoms with van der Waals surface area (Å²) >= 11 is 5.56. The maximum absolute atomic E-state index is 13.6. The van der Waals surface area contributed by atoms with Gasteiger partial charge in [0.2, 0.25) is 0 Å². The summed E-state index contributed by atoms with van der Waals surface area (Å²) in [6.45, 7) is 3.50. The lowest BCUT2D eigenvalue weighted by Gasteiger charge is -2.10. The molecule has 0 heterocycles. The summed E-state index contributed by atoms with van der Waals surface area (Å²) < 4.78 is 32.1. The summed E-state index contributed by atoms with van der Waals surface area (Å²) in [5, 5.41) is 6.41. The summed E-state index contributed by atoms with van der Waals surface area (Å²) in [4.78, 5) is 0. The third-order valence-corrected chi connectivity index (χ3v) is 3.34. The molecule has 1 saturated carbocycles. The lowest BCUT2D eigenvalue weighted by atomic mass is 10.2. The lowest BCUT2D eigenvalue weighted by Crippen LogP contribution is -2.12. The van der Waals surface area contributed by atoms with Crippen LogP contribution in [0, 0.1) is 11.3 Å². The molecule has 0 aromatic rings. The molecule has 0 spiro atoms. The van der Waals surface area contributed by atoms with Crippen LogP contribution in [-0.4, -0.2) is 30.0 Å². The molecule has 5 heteroatoms. The first-order chi connectivity index (χ1) is 7.92. The van der Waals surface area contributed by atoms with Gasteiger partial charge in [0.1, 0.15) is 17.6 Å². The molecular formula is C12H18ClF2NO. The number of halogens is 3. The van der Waals surface area contributed by atoms with Gasteiger partial charge >= 0.3 is 0 Å². The van der Waals surface area contributed by atoms with Gasteiger partial charge in [-0.2, -0.15) is 0 Å². The number of allylic oxidation sites excluding steroid dienone is 2. The Morgan fingerprint density at radius 1 is 1.71 bits per heavy atom. The van der Waals surface area contributed by atoms with Crippen LogP contribution in [0.1, 0.15) is 26.7 Å². The van der Waals surface area contributed by atoms with Gasteiger partial charge in [-0.25, -0.2) is 8.78 Å². The van der Waals surface area contributed by atoms with E-state index in [0.717, 1.165) is 12.3 Å². The Kier molecular flexibility index (Phi) is 4.92. The molecule has 1 fully saturated rings. The predicted molar refractivity (Wildman–Crippen MR) is 65.3 cm³/mol. The molecule has 0 amide bonds. The molecule has 1 N–H and O–H groups in total. The molecule has 0 saturated heterocycles. The second-order valence-electron chi connectivity index (χ2n) is 4.44.